The summed E-state index contributed by atoms with van der Waals surface area (Å²) in [5.41, 5.74) is 3.63. The van der Waals surface area contributed by atoms with Gasteiger partial charge in [0, 0.05) is 37.7 Å². The Morgan fingerprint density at radius 3 is 2.50 bits per heavy atom. The van der Waals surface area contributed by atoms with E-state index in [1.54, 1.807) is 0 Å². The van der Waals surface area contributed by atoms with Crippen molar-refractivity contribution in [2.45, 2.75) is 25.2 Å². The van der Waals surface area contributed by atoms with Crippen molar-refractivity contribution < 1.29 is 0 Å². The molecule has 2 aliphatic rings. The standard InChI is InChI=1S/C18H22N4/c1-2-5-15(6-3-1)18-20-13-16(22-11-9-19-10-12-22)17(21-18)14-7-4-8-14/h1-3,5-6,13-14,19H,4,7-12H2. The van der Waals surface area contributed by atoms with Crippen LogP contribution in [-0.2, 0) is 0 Å². The molecule has 4 rings (SSSR count). The van der Waals surface area contributed by atoms with Crippen molar-refractivity contribution in [2.24, 2.45) is 0 Å². The number of hydrogen-bond acceptors (Lipinski definition) is 4. The molecule has 0 unspecified atom stereocenters. The average Bonchev–Trinajstić information content (AvgIpc) is 2.55. The van der Waals surface area contributed by atoms with Crippen molar-refractivity contribution in [3.63, 3.8) is 0 Å². The maximum atomic E-state index is 4.97. The number of nitrogens with one attached hydrogen (secondary N) is 1. The normalized spacial score (nSPS) is 19.0. The van der Waals surface area contributed by atoms with Gasteiger partial charge < -0.3 is 10.2 Å². The molecule has 0 atom stereocenters. The van der Waals surface area contributed by atoms with Crippen molar-refractivity contribution in [1.29, 1.82) is 0 Å². The fourth-order valence-corrected chi connectivity index (χ4v) is 3.25. The van der Waals surface area contributed by atoms with Crippen LogP contribution in [0, 0.1) is 0 Å². The van der Waals surface area contributed by atoms with Crippen LogP contribution >= 0.6 is 0 Å². The zero-order chi connectivity index (χ0) is 14.8. The first-order chi connectivity index (χ1) is 10.9. The second-order valence-corrected chi connectivity index (χ2v) is 6.19. The monoisotopic (exact) mass is 294 g/mol. The van der Waals surface area contributed by atoms with Crippen molar-refractivity contribution in [3.05, 3.63) is 42.2 Å². The number of hydrogen-bond donors (Lipinski definition) is 1. The lowest BCUT2D eigenvalue weighted by Gasteiger charge is -2.34. The van der Waals surface area contributed by atoms with Crippen LogP contribution in [0.5, 0.6) is 0 Å². The largest absolute Gasteiger partial charge is 0.366 e. The predicted octanol–water partition coefficient (Wildman–Crippen LogP) is 2.82. The number of rotatable bonds is 3. The summed E-state index contributed by atoms with van der Waals surface area (Å²) >= 11 is 0. The number of piperazine rings is 1. The van der Waals surface area contributed by atoms with Crippen LogP contribution in [0.2, 0.25) is 0 Å². The Morgan fingerprint density at radius 2 is 1.82 bits per heavy atom. The number of nitrogens with zero attached hydrogens (tertiary/aromatic N) is 3. The van der Waals surface area contributed by atoms with Gasteiger partial charge in [-0.05, 0) is 12.8 Å². The van der Waals surface area contributed by atoms with Crippen LogP contribution in [0.15, 0.2) is 36.5 Å². The Morgan fingerprint density at radius 1 is 1.05 bits per heavy atom. The van der Waals surface area contributed by atoms with Gasteiger partial charge in [0.05, 0.1) is 17.6 Å². The zero-order valence-electron chi connectivity index (χ0n) is 12.8. The second kappa shape index (κ2) is 6.05. The van der Waals surface area contributed by atoms with E-state index in [1.165, 1.54) is 30.6 Å². The maximum absolute atomic E-state index is 4.97. The summed E-state index contributed by atoms with van der Waals surface area (Å²) < 4.78 is 0. The molecule has 1 aliphatic heterocycles. The molecule has 114 valence electrons. The number of aromatic nitrogens is 2. The Labute approximate surface area is 131 Å². The summed E-state index contributed by atoms with van der Waals surface area (Å²) in [6.07, 6.45) is 5.92. The minimum absolute atomic E-state index is 0.621. The third-order valence-corrected chi connectivity index (χ3v) is 4.78. The quantitative estimate of drug-likeness (QED) is 0.945. The van der Waals surface area contributed by atoms with E-state index < -0.39 is 0 Å². The minimum atomic E-state index is 0.621. The highest BCUT2D eigenvalue weighted by atomic mass is 15.2. The highest BCUT2D eigenvalue weighted by Gasteiger charge is 2.27. The predicted molar refractivity (Wildman–Crippen MR) is 89.1 cm³/mol. The molecular formula is C18H22N4. The molecule has 2 fully saturated rings. The number of benzene rings is 1. The fraction of sp³-hybridized carbons (Fsp3) is 0.444. The first-order valence-corrected chi connectivity index (χ1v) is 8.30. The van der Waals surface area contributed by atoms with Crippen molar-refractivity contribution in [1.82, 2.24) is 15.3 Å². The molecule has 1 saturated carbocycles. The summed E-state index contributed by atoms with van der Waals surface area (Å²) in [5.74, 6) is 1.48. The average molecular weight is 294 g/mol. The van der Waals surface area contributed by atoms with E-state index in [4.69, 9.17) is 4.98 Å². The summed E-state index contributed by atoms with van der Waals surface area (Å²) in [6, 6.07) is 10.3. The lowest BCUT2D eigenvalue weighted by atomic mass is 9.82. The first kappa shape index (κ1) is 13.7. The lowest BCUT2D eigenvalue weighted by Crippen LogP contribution is -2.44. The molecule has 22 heavy (non-hydrogen) atoms. The van der Waals surface area contributed by atoms with Crippen LogP contribution < -0.4 is 10.2 Å². The topological polar surface area (TPSA) is 41.1 Å². The van der Waals surface area contributed by atoms with Gasteiger partial charge in [0.1, 0.15) is 0 Å². The van der Waals surface area contributed by atoms with Gasteiger partial charge in [0.2, 0.25) is 0 Å². The highest BCUT2D eigenvalue weighted by molar-refractivity contribution is 5.59. The van der Waals surface area contributed by atoms with E-state index in [0.717, 1.165) is 37.6 Å². The van der Waals surface area contributed by atoms with E-state index in [9.17, 15) is 0 Å². The molecule has 1 aromatic carbocycles. The number of anilines is 1. The summed E-state index contributed by atoms with van der Waals surface area (Å²) in [5, 5.41) is 3.42. The Bertz CT molecular complexity index is 631. The summed E-state index contributed by atoms with van der Waals surface area (Å²) in [6.45, 7) is 4.19. The van der Waals surface area contributed by atoms with Crippen LogP contribution in [0.1, 0.15) is 30.9 Å². The molecule has 1 saturated heterocycles. The molecular weight excluding hydrogens is 272 g/mol. The summed E-state index contributed by atoms with van der Waals surface area (Å²) in [4.78, 5) is 12.1. The molecule has 1 N–H and O–H groups in total. The van der Waals surface area contributed by atoms with Gasteiger partial charge in [0.15, 0.2) is 5.82 Å². The maximum Gasteiger partial charge on any atom is 0.159 e. The van der Waals surface area contributed by atoms with Crippen LogP contribution in [0.25, 0.3) is 11.4 Å². The van der Waals surface area contributed by atoms with Crippen LogP contribution in [0.3, 0.4) is 0 Å². The molecule has 0 radical (unpaired) electrons. The van der Waals surface area contributed by atoms with E-state index >= 15 is 0 Å². The van der Waals surface area contributed by atoms with E-state index in [0.29, 0.717) is 5.92 Å². The third-order valence-electron chi connectivity index (χ3n) is 4.78. The fourth-order valence-electron chi connectivity index (χ4n) is 3.25. The Kier molecular flexibility index (Phi) is 3.77. The van der Waals surface area contributed by atoms with Gasteiger partial charge in [-0.25, -0.2) is 9.97 Å². The molecule has 2 heterocycles. The van der Waals surface area contributed by atoms with Gasteiger partial charge in [0.25, 0.3) is 0 Å². The van der Waals surface area contributed by atoms with Crippen molar-refractivity contribution in [3.8, 4) is 11.4 Å². The summed E-state index contributed by atoms with van der Waals surface area (Å²) in [7, 11) is 0. The Hall–Kier alpha value is -1.94. The Balaban J connectivity index is 1.72. The zero-order valence-corrected chi connectivity index (χ0v) is 12.8. The molecule has 0 bridgehead atoms. The van der Waals surface area contributed by atoms with Gasteiger partial charge in [-0.2, -0.15) is 0 Å². The van der Waals surface area contributed by atoms with Crippen LogP contribution in [-0.4, -0.2) is 36.1 Å². The van der Waals surface area contributed by atoms with E-state index in [2.05, 4.69) is 27.3 Å². The molecule has 4 heteroatoms. The first-order valence-electron chi connectivity index (χ1n) is 8.30. The van der Waals surface area contributed by atoms with Gasteiger partial charge >= 0.3 is 0 Å². The molecule has 1 aliphatic carbocycles. The second-order valence-electron chi connectivity index (χ2n) is 6.19. The van der Waals surface area contributed by atoms with Crippen LogP contribution in [0.4, 0.5) is 5.69 Å². The van der Waals surface area contributed by atoms with E-state index in [1.807, 2.05) is 24.4 Å². The molecule has 4 nitrogen and oxygen atoms in total. The highest BCUT2D eigenvalue weighted by Crippen LogP contribution is 2.40. The molecule has 0 spiro atoms. The van der Waals surface area contributed by atoms with E-state index in [-0.39, 0.29) is 0 Å². The molecule has 0 amide bonds. The van der Waals surface area contributed by atoms with Gasteiger partial charge in [-0.1, -0.05) is 36.8 Å². The molecule has 2 aromatic rings. The van der Waals surface area contributed by atoms with Gasteiger partial charge in [-0.15, -0.1) is 0 Å². The smallest absolute Gasteiger partial charge is 0.159 e. The molecule has 1 aromatic heterocycles. The lowest BCUT2D eigenvalue weighted by molar-refractivity contribution is 0.410. The minimum Gasteiger partial charge on any atom is -0.366 e. The van der Waals surface area contributed by atoms with Crippen molar-refractivity contribution in [2.75, 3.05) is 31.1 Å². The SMILES string of the molecule is c1ccc(-c2ncc(N3CCNCC3)c(C3CCC3)n2)cc1. The third kappa shape index (κ3) is 2.59. The van der Waals surface area contributed by atoms with Crippen molar-refractivity contribution >= 4 is 5.69 Å². The van der Waals surface area contributed by atoms with Gasteiger partial charge in [-0.3, -0.25) is 0 Å².